The molecule has 1 aromatic rings. The minimum absolute atomic E-state index is 0.269. The molecule has 18 heavy (non-hydrogen) atoms. The minimum atomic E-state index is -3.35. The Morgan fingerprint density at radius 3 is 2.39 bits per heavy atom. The molecule has 0 bridgehead atoms. The lowest BCUT2D eigenvalue weighted by Gasteiger charge is -2.12. The van der Waals surface area contributed by atoms with Crippen molar-refractivity contribution in [2.45, 2.75) is 18.2 Å². The van der Waals surface area contributed by atoms with Gasteiger partial charge in [-0.05, 0) is 50.2 Å². The largest absolute Gasteiger partial charge is 0.385 e. The van der Waals surface area contributed by atoms with Crippen molar-refractivity contribution in [2.75, 3.05) is 25.5 Å². The lowest BCUT2D eigenvalue weighted by atomic mass is 10.1. The van der Waals surface area contributed by atoms with Gasteiger partial charge in [-0.2, -0.15) is 0 Å². The van der Waals surface area contributed by atoms with Crippen molar-refractivity contribution in [3.8, 4) is 0 Å². The zero-order valence-electron chi connectivity index (χ0n) is 10.8. The first kappa shape index (κ1) is 14.9. The first-order valence-corrected chi connectivity index (χ1v) is 7.45. The molecule has 0 spiro atoms. The van der Waals surface area contributed by atoms with E-state index in [0.29, 0.717) is 12.5 Å². The zero-order chi connectivity index (χ0) is 13.6. The molecule has 0 aliphatic carbocycles. The summed E-state index contributed by atoms with van der Waals surface area (Å²) in [4.78, 5) is 0.269. The molecule has 0 radical (unpaired) electrons. The quantitative estimate of drug-likeness (QED) is 0.690. The molecule has 1 rings (SSSR count). The average molecular weight is 271 g/mol. The molecule has 5 nitrogen and oxygen atoms in total. The Kier molecular flexibility index (Phi) is 5.58. The van der Waals surface area contributed by atoms with Crippen LogP contribution < -0.4 is 15.8 Å². The second kappa shape index (κ2) is 6.72. The molecule has 1 atom stereocenters. The molecule has 0 amide bonds. The van der Waals surface area contributed by atoms with E-state index in [1.54, 1.807) is 24.3 Å². The number of anilines is 1. The molecular weight excluding hydrogens is 250 g/mol. The van der Waals surface area contributed by atoms with Crippen LogP contribution in [0, 0.1) is 5.92 Å². The highest BCUT2D eigenvalue weighted by Crippen LogP contribution is 2.14. The highest BCUT2D eigenvalue weighted by molar-refractivity contribution is 7.89. The van der Waals surface area contributed by atoms with Crippen LogP contribution in [0.15, 0.2) is 29.2 Å². The summed E-state index contributed by atoms with van der Waals surface area (Å²) in [5.74, 6) is 0.496. The zero-order valence-corrected chi connectivity index (χ0v) is 11.6. The molecule has 0 aromatic heterocycles. The van der Waals surface area contributed by atoms with E-state index in [9.17, 15) is 8.42 Å². The van der Waals surface area contributed by atoms with Crippen molar-refractivity contribution in [3.05, 3.63) is 24.3 Å². The Balaban J connectivity index is 2.61. The lowest BCUT2D eigenvalue weighted by Crippen LogP contribution is -2.18. The second-order valence-corrected chi connectivity index (χ2v) is 6.18. The predicted octanol–water partition coefficient (Wildman–Crippen LogP) is 0.991. The van der Waals surface area contributed by atoms with Crippen molar-refractivity contribution < 1.29 is 8.42 Å². The van der Waals surface area contributed by atoms with Crippen molar-refractivity contribution in [2.24, 2.45) is 11.7 Å². The van der Waals surface area contributed by atoms with Gasteiger partial charge in [0.1, 0.15) is 0 Å². The number of benzene rings is 1. The summed E-state index contributed by atoms with van der Waals surface area (Å²) in [5, 5.41) is 3.26. The Morgan fingerprint density at radius 2 is 1.89 bits per heavy atom. The van der Waals surface area contributed by atoms with Gasteiger partial charge in [-0.3, -0.25) is 0 Å². The molecule has 0 heterocycles. The van der Waals surface area contributed by atoms with E-state index in [1.807, 2.05) is 0 Å². The van der Waals surface area contributed by atoms with Gasteiger partial charge in [0.2, 0.25) is 10.0 Å². The summed E-state index contributed by atoms with van der Waals surface area (Å²) in [6, 6.07) is 6.70. The Morgan fingerprint density at radius 1 is 1.28 bits per heavy atom. The fourth-order valence-corrected chi connectivity index (χ4v) is 2.28. The number of rotatable bonds is 7. The number of sulfonamides is 1. The van der Waals surface area contributed by atoms with E-state index in [1.165, 1.54) is 7.05 Å². The first-order valence-electron chi connectivity index (χ1n) is 5.97. The molecule has 102 valence electrons. The van der Waals surface area contributed by atoms with Crippen molar-refractivity contribution in [1.29, 1.82) is 0 Å². The number of nitrogens with two attached hydrogens (primary N) is 1. The average Bonchev–Trinajstić information content (AvgIpc) is 2.37. The summed E-state index contributed by atoms with van der Waals surface area (Å²) in [6.07, 6.45) is 0.971. The summed E-state index contributed by atoms with van der Waals surface area (Å²) in [6.45, 7) is 3.64. The van der Waals surface area contributed by atoms with Crippen LogP contribution in [0.2, 0.25) is 0 Å². The van der Waals surface area contributed by atoms with E-state index in [-0.39, 0.29) is 4.90 Å². The van der Waals surface area contributed by atoms with Gasteiger partial charge in [-0.15, -0.1) is 0 Å². The van der Waals surface area contributed by atoms with E-state index >= 15 is 0 Å². The standard InChI is InChI=1S/C12H21N3O2S/c1-10(7-8-13)9-15-11-3-5-12(6-4-11)18(16,17)14-2/h3-6,10,14-15H,7-9,13H2,1-2H3. The number of hydrogen-bond acceptors (Lipinski definition) is 4. The molecular formula is C12H21N3O2S. The Hall–Kier alpha value is -1.11. The number of nitrogens with one attached hydrogen (secondary N) is 2. The van der Waals surface area contributed by atoms with Crippen molar-refractivity contribution in [3.63, 3.8) is 0 Å². The molecule has 0 saturated heterocycles. The monoisotopic (exact) mass is 271 g/mol. The van der Waals surface area contributed by atoms with Gasteiger partial charge in [-0.25, -0.2) is 13.1 Å². The third kappa shape index (κ3) is 4.29. The van der Waals surface area contributed by atoms with E-state index < -0.39 is 10.0 Å². The number of hydrogen-bond donors (Lipinski definition) is 3. The van der Waals surface area contributed by atoms with Crippen LogP contribution in [0.25, 0.3) is 0 Å². The van der Waals surface area contributed by atoms with E-state index in [0.717, 1.165) is 18.7 Å². The third-order valence-corrected chi connectivity index (χ3v) is 4.18. The van der Waals surface area contributed by atoms with Crippen LogP contribution >= 0.6 is 0 Å². The van der Waals surface area contributed by atoms with Gasteiger partial charge < -0.3 is 11.1 Å². The van der Waals surface area contributed by atoms with E-state index in [2.05, 4.69) is 17.0 Å². The predicted molar refractivity (Wildman–Crippen MR) is 74.0 cm³/mol. The maximum Gasteiger partial charge on any atom is 0.240 e. The van der Waals surface area contributed by atoms with Gasteiger partial charge in [0.25, 0.3) is 0 Å². The smallest absolute Gasteiger partial charge is 0.240 e. The van der Waals surface area contributed by atoms with Gasteiger partial charge >= 0.3 is 0 Å². The van der Waals surface area contributed by atoms with Crippen LogP contribution in [-0.4, -0.2) is 28.6 Å². The summed E-state index contributed by atoms with van der Waals surface area (Å²) in [5.41, 5.74) is 6.39. The molecule has 1 aromatic carbocycles. The van der Waals surface area contributed by atoms with Crippen LogP contribution in [0.4, 0.5) is 5.69 Å². The lowest BCUT2D eigenvalue weighted by molar-refractivity contribution is 0.568. The van der Waals surface area contributed by atoms with Crippen molar-refractivity contribution in [1.82, 2.24) is 4.72 Å². The van der Waals surface area contributed by atoms with E-state index in [4.69, 9.17) is 5.73 Å². The highest BCUT2D eigenvalue weighted by Gasteiger charge is 2.10. The maximum absolute atomic E-state index is 11.5. The normalized spacial score (nSPS) is 13.3. The molecule has 0 fully saturated rings. The summed E-state index contributed by atoms with van der Waals surface area (Å²) in [7, 11) is -1.95. The fourth-order valence-electron chi connectivity index (χ4n) is 1.55. The molecule has 0 aliphatic rings. The molecule has 1 unspecified atom stereocenters. The Bertz CT molecular complexity index is 457. The van der Waals surface area contributed by atoms with Crippen molar-refractivity contribution >= 4 is 15.7 Å². The van der Waals surface area contributed by atoms with Crippen LogP contribution in [0.5, 0.6) is 0 Å². The van der Waals surface area contributed by atoms with Crippen LogP contribution in [0.3, 0.4) is 0 Å². The summed E-state index contributed by atoms with van der Waals surface area (Å²) < 4.78 is 25.3. The maximum atomic E-state index is 11.5. The molecule has 0 aliphatic heterocycles. The third-order valence-electron chi connectivity index (χ3n) is 2.75. The van der Waals surface area contributed by atoms with Crippen LogP contribution in [-0.2, 0) is 10.0 Å². The van der Waals surface area contributed by atoms with Gasteiger partial charge in [-0.1, -0.05) is 6.92 Å². The summed E-state index contributed by atoms with van der Waals surface area (Å²) >= 11 is 0. The van der Waals surface area contributed by atoms with Gasteiger partial charge in [0, 0.05) is 12.2 Å². The SMILES string of the molecule is CNS(=O)(=O)c1ccc(NCC(C)CCN)cc1. The Labute approximate surface area is 109 Å². The fraction of sp³-hybridized carbons (Fsp3) is 0.500. The second-order valence-electron chi connectivity index (χ2n) is 4.30. The topological polar surface area (TPSA) is 84.2 Å². The van der Waals surface area contributed by atoms with Gasteiger partial charge in [0.05, 0.1) is 4.90 Å². The minimum Gasteiger partial charge on any atom is -0.385 e. The van der Waals surface area contributed by atoms with Gasteiger partial charge in [0.15, 0.2) is 0 Å². The van der Waals surface area contributed by atoms with Crippen LogP contribution in [0.1, 0.15) is 13.3 Å². The molecule has 4 N–H and O–H groups in total. The molecule has 0 saturated carbocycles. The highest BCUT2D eigenvalue weighted by atomic mass is 32.2. The first-order chi connectivity index (χ1) is 8.49. The molecule has 6 heteroatoms.